The zero-order chi connectivity index (χ0) is 34.1. The molecule has 6 heteroatoms. The van der Waals surface area contributed by atoms with E-state index in [1.807, 2.05) is 39.0 Å². The molecule has 0 saturated heterocycles. The second-order valence-corrected chi connectivity index (χ2v) is 15.4. The summed E-state index contributed by atoms with van der Waals surface area (Å²) in [6.07, 6.45) is 3.05. The van der Waals surface area contributed by atoms with Crippen LogP contribution in [-0.4, -0.2) is 20.9 Å². The molecular weight excluding hydrogens is 777 g/mol. The fourth-order valence-electron chi connectivity index (χ4n) is 5.84. The van der Waals surface area contributed by atoms with Crippen LogP contribution >= 0.6 is 11.3 Å². The van der Waals surface area contributed by atoms with Crippen LogP contribution in [0.1, 0.15) is 96.0 Å². The molecule has 0 spiro atoms. The van der Waals surface area contributed by atoms with E-state index in [-0.39, 0.29) is 48.9 Å². The number of allylic oxidation sites excluding steroid dienone is 2. The molecule has 0 bridgehead atoms. The summed E-state index contributed by atoms with van der Waals surface area (Å²) in [6.45, 7) is 25.3. The number of hydrogen-bond acceptors (Lipinski definition) is 5. The van der Waals surface area contributed by atoms with Gasteiger partial charge in [0, 0.05) is 53.3 Å². The van der Waals surface area contributed by atoms with Crippen LogP contribution < -0.4 is 0 Å². The predicted octanol–water partition coefficient (Wildman–Crippen LogP) is 11.6. The monoisotopic (exact) mass is 826 g/mol. The molecule has 5 aromatic rings. The molecule has 0 aliphatic carbocycles. The average molecular weight is 826 g/mol. The van der Waals surface area contributed by atoms with Crippen molar-refractivity contribution in [3.8, 4) is 21.7 Å². The van der Waals surface area contributed by atoms with Crippen LogP contribution in [0.5, 0.6) is 0 Å². The van der Waals surface area contributed by atoms with Gasteiger partial charge in [0.1, 0.15) is 6.33 Å². The molecule has 47 heavy (non-hydrogen) atoms. The maximum atomic E-state index is 11.0. The minimum atomic E-state index is -0.0316. The Bertz CT molecular complexity index is 1900. The topological polar surface area (TPSA) is 63.1 Å². The Morgan fingerprint density at radius 1 is 0.915 bits per heavy atom. The van der Waals surface area contributed by atoms with Crippen LogP contribution in [0, 0.1) is 38.7 Å². The molecule has 0 unspecified atom stereocenters. The quantitative estimate of drug-likeness (QED) is 0.105. The molecule has 0 amide bonds. The summed E-state index contributed by atoms with van der Waals surface area (Å²) < 4.78 is 1.15. The Hall–Kier alpha value is -3.18. The summed E-state index contributed by atoms with van der Waals surface area (Å²) in [5.41, 5.74) is 11.0. The van der Waals surface area contributed by atoms with Crippen LogP contribution in [0.3, 0.4) is 0 Å². The summed E-state index contributed by atoms with van der Waals surface area (Å²) >= 11 is 1.83. The Morgan fingerprint density at radius 2 is 1.53 bits per heavy atom. The van der Waals surface area contributed by atoms with Gasteiger partial charge in [-0.1, -0.05) is 109 Å². The smallest absolute Gasteiger partial charge is 0.161 e. The summed E-state index contributed by atoms with van der Waals surface area (Å²) in [6, 6.07) is 19.1. The summed E-state index contributed by atoms with van der Waals surface area (Å²) in [5, 5.41) is 11.6. The van der Waals surface area contributed by atoms with Crippen LogP contribution in [0.15, 0.2) is 60.6 Å². The molecule has 2 aromatic heterocycles. The van der Waals surface area contributed by atoms with Crippen molar-refractivity contribution in [3.05, 3.63) is 94.5 Å². The molecule has 0 atom stereocenters. The second-order valence-electron chi connectivity index (χ2n) is 14.3. The minimum absolute atomic E-state index is 0. The summed E-state index contributed by atoms with van der Waals surface area (Å²) in [7, 11) is 0. The number of nitrogens with zero attached hydrogens (tertiary/aromatic N) is 2. The molecule has 2 heterocycles. The maximum Gasteiger partial charge on any atom is 0.161 e. The van der Waals surface area contributed by atoms with Gasteiger partial charge in [-0.2, -0.15) is 0 Å². The van der Waals surface area contributed by atoms with Gasteiger partial charge in [0.15, 0.2) is 5.78 Å². The largest absolute Gasteiger partial charge is 0.512 e. The van der Waals surface area contributed by atoms with Crippen LogP contribution in [-0.2, 0) is 30.3 Å². The molecule has 0 fully saturated rings. The van der Waals surface area contributed by atoms with E-state index in [0.29, 0.717) is 5.92 Å². The zero-order valence-corrected chi connectivity index (χ0v) is 33.1. The first-order valence-electron chi connectivity index (χ1n) is 16.3. The zero-order valence-electron chi connectivity index (χ0n) is 29.9. The third kappa shape index (κ3) is 8.46. The Kier molecular flexibility index (Phi) is 12.5. The molecule has 0 aliphatic heterocycles. The van der Waals surface area contributed by atoms with E-state index in [1.54, 1.807) is 6.33 Å². The van der Waals surface area contributed by atoms with E-state index in [0.717, 1.165) is 26.9 Å². The van der Waals surface area contributed by atoms with Gasteiger partial charge in [-0.05, 0) is 54.4 Å². The number of thiophene rings is 1. The van der Waals surface area contributed by atoms with Crippen molar-refractivity contribution >= 4 is 38.1 Å². The van der Waals surface area contributed by atoms with E-state index in [1.165, 1.54) is 49.7 Å². The van der Waals surface area contributed by atoms with Crippen molar-refractivity contribution in [3.63, 3.8) is 0 Å². The Morgan fingerprint density at radius 3 is 2.09 bits per heavy atom. The van der Waals surface area contributed by atoms with Gasteiger partial charge in [-0.15, -0.1) is 40.5 Å². The first-order chi connectivity index (χ1) is 21.5. The SMILES string of the molecule is CC(C)C(=O)/C=C(\O)C(C)C.Cc1cc(C)c(-c2sc3c(-c4[c-]c5ccccc5c(C(C)(C)C)c4)ncnc3c2C(C)C)c(C)c1.[Ir]. The molecule has 251 valence electrons. The van der Waals surface area contributed by atoms with Gasteiger partial charge in [-0.3, -0.25) is 9.78 Å². The number of carbonyl (C=O) groups is 1. The van der Waals surface area contributed by atoms with Gasteiger partial charge in [0.05, 0.1) is 11.3 Å². The Balaban J connectivity index is 0.000000432. The van der Waals surface area contributed by atoms with Crippen molar-refractivity contribution in [1.82, 2.24) is 9.97 Å². The molecule has 3 aromatic carbocycles. The van der Waals surface area contributed by atoms with Crippen molar-refractivity contribution in [2.75, 3.05) is 0 Å². The number of aromatic nitrogens is 2. The number of aryl methyl sites for hydroxylation is 3. The third-order valence-electron chi connectivity index (χ3n) is 8.28. The number of benzene rings is 3. The number of hydrogen-bond donors (Lipinski definition) is 1. The number of aliphatic hydroxyl groups excluding tert-OH is 1. The average Bonchev–Trinajstić information content (AvgIpc) is 3.35. The first-order valence-corrected chi connectivity index (χ1v) is 17.1. The number of aliphatic hydroxyl groups is 1. The Labute approximate surface area is 299 Å². The fraction of sp³-hybridized carbons (Fsp3) is 0.390. The van der Waals surface area contributed by atoms with E-state index in [4.69, 9.17) is 9.97 Å². The second kappa shape index (κ2) is 15.4. The maximum absolute atomic E-state index is 11.0. The number of rotatable bonds is 6. The van der Waals surface area contributed by atoms with E-state index in [9.17, 15) is 9.90 Å². The first kappa shape index (κ1) is 38.3. The van der Waals surface area contributed by atoms with E-state index < -0.39 is 0 Å². The summed E-state index contributed by atoms with van der Waals surface area (Å²) in [5.74, 6) is 0.515. The van der Waals surface area contributed by atoms with Gasteiger partial charge in [0.25, 0.3) is 0 Å². The van der Waals surface area contributed by atoms with E-state index in [2.05, 4.69) is 104 Å². The fourth-order valence-corrected chi connectivity index (χ4v) is 7.42. The number of carbonyl (C=O) groups excluding carboxylic acids is 1. The van der Waals surface area contributed by atoms with Crippen molar-refractivity contribution < 1.29 is 30.0 Å². The van der Waals surface area contributed by atoms with Crippen molar-refractivity contribution in [2.24, 2.45) is 11.8 Å². The molecule has 0 aliphatic rings. The van der Waals surface area contributed by atoms with E-state index >= 15 is 0 Å². The molecule has 5 rings (SSSR count). The molecule has 4 nitrogen and oxygen atoms in total. The van der Waals surface area contributed by atoms with Gasteiger partial charge >= 0.3 is 0 Å². The summed E-state index contributed by atoms with van der Waals surface area (Å²) in [4.78, 5) is 22.0. The number of ketones is 1. The van der Waals surface area contributed by atoms with Gasteiger partial charge < -0.3 is 5.11 Å². The van der Waals surface area contributed by atoms with Crippen LogP contribution in [0.4, 0.5) is 0 Å². The third-order valence-corrected chi connectivity index (χ3v) is 9.50. The predicted molar refractivity (Wildman–Crippen MR) is 197 cm³/mol. The van der Waals surface area contributed by atoms with Crippen LogP contribution in [0.25, 0.3) is 42.7 Å². The van der Waals surface area contributed by atoms with Crippen LogP contribution in [0.2, 0.25) is 0 Å². The molecule has 1 N–H and O–H groups in total. The molecule has 0 saturated carbocycles. The van der Waals surface area contributed by atoms with Gasteiger partial charge in [0.2, 0.25) is 0 Å². The standard InChI is InChI=1S/C32H33N2S.C9H16O2.Ir/c1-18(2)26-29-31(35-30(26)27-20(4)13-19(3)14-21(27)5)28(33-17-34-29)23-15-22-11-9-10-12-24(22)25(16-23)32(6,7)8;1-6(2)8(10)5-9(11)7(3)4;/h9-14,16-18H,1-8H3;5-7,10H,1-4H3;/q-1;;/b;8-5-;. The minimum Gasteiger partial charge on any atom is -0.512 e. The number of fused-ring (bicyclic) bond motifs is 2. The van der Waals surface area contributed by atoms with Crippen molar-refractivity contribution in [2.45, 2.75) is 94.4 Å². The normalized spacial score (nSPS) is 12.1. The van der Waals surface area contributed by atoms with Gasteiger partial charge in [-0.25, -0.2) is 4.98 Å². The molecular formula is C41H49IrN2O2S-. The molecule has 1 radical (unpaired) electrons. The van der Waals surface area contributed by atoms with Crippen molar-refractivity contribution in [1.29, 1.82) is 0 Å².